The van der Waals surface area contributed by atoms with E-state index in [0.717, 1.165) is 40.7 Å². The Hall–Kier alpha value is -3.02. The van der Waals surface area contributed by atoms with Gasteiger partial charge in [-0.2, -0.15) is 5.10 Å². The second-order valence-electron chi connectivity index (χ2n) is 6.75. The van der Waals surface area contributed by atoms with Crippen molar-refractivity contribution < 1.29 is 9.53 Å². The van der Waals surface area contributed by atoms with Crippen molar-refractivity contribution in [3.8, 4) is 5.75 Å². The second kappa shape index (κ2) is 7.07. The number of aromatic amines is 1. The molecule has 2 aromatic carbocycles. The number of aromatic nitrogens is 2. The highest BCUT2D eigenvalue weighted by Gasteiger charge is 2.17. The molecule has 0 bridgehead atoms. The number of nitrogens with one attached hydrogen (secondary N) is 3. The number of H-pyrrole nitrogens is 1. The molecular formula is C20H22N4O2. The number of urea groups is 1. The van der Waals surface area contributed by atoms with Gasteiger partial charge >= 0.3 is 6.03 Å². The van der Waals surface area contributed by atoms with E-state index in [0.29, 0.717) is 11.9 Å². The average Bonchev–Trinajstić information content (AvgIpc) is 3.27. The van der Waals surface area contributed by atoms with Gasteiger partial charge < -0.3 is 10.1 Å². The molecule has 1 saturated carbocycles. The smallest absolute Gasteiger partial charge is 0.324 e. The zero-order valence-electron chi connectivity index (χ0n) is 14.7. The van der Waals surface area contributed by atoms with Gasteiger partial charge in [-0.1, -0.05) is 17.7 Å². The van der Waals surface area contributed by atoms with Crippen molar-refractivity contribution in [2.24, 2.45) is 0 Å². The summed E-state index contributed by atoms with van der Waals surface area (Å²) in [6.45, 7) is 2.00. The van der Waals surface area contributed by atoms with E-state index in [1.807, 2.05) is 49.4 Å². The molecule has 1 aromatic heterocycles. The highest BCUT2D eigenvalue weighted by Crippen LogP contribution is 2.29. The minimum absolute atomic E-state index is 0.292. The van der Waals surface area contributed by atoms with E-state index in [1.54, 1.807) is 0 Å². The predicted octanol–water partition coefficient (Wildman–Crippen LogP) is 4.84. The van der Waals surface area contributed by atoms with Crippen LogP contribution >= 0.6 is 0 Å². The summed E-state index contributed by atoms with van der Waals surface area (Å²) in [6, 6.07) is 13.1. The highest BCUT2D eigenvalue weighted by molar-refractivity contribution is 6.04. The number of hydrogen-bond donors (Lipinski definition) is 3. The Kier molecular flexibility index (Phi) is 4.48. The fraction of sp³-hybridized carbons (Fsp3) is 0.300. The molecule has 3 aromatic rings. The molecule has 1 aliphatic rings. The summed E-state index contributed by atoms with van der Waals surface area (Å²) in [5.74, 6) is 1.30. The maximum atomic E-state index is 12.3. The minimum atomic E-state index is -0.329. The molecule has 1 fully saturated rings. The number of carbonyl (C=O) groups is 1. The molecule has 134 valence electrons. The van der Waals surface area contributed by atoms with Gasteiger partial charge in [0.05, 0.1) is 11.6 Å². The molecule has 4 rings (SSSR count). The van der Waals surface area contributed by atoms with E-state index in [4.69, 9.17) is 4.74 Å². The summed E-state index contributed by atoms with van der Waals surface area (Å²) in [7, 11) is 0. The molecule has 0 saturated heterocycles. The zero-order valence-corrected chi connectivity index (χ0v) is 14.7. The third kappa shape index (κ3) is 3.64. The van der Waals surface area contributed by atoms with Crippen LogP contribution < -0.4 is 15.4 Å². The Morgan fingerprint density at radius 1 is 1.12 bits per heavy atom. The highest BCUT2D eigenvalue weighted by atomic mass is 16.5. The normalized spacial score (nSPS) is 14.5. The van der Waals surface area contributed by atoms with Crippen LogP contribution in [0.3, 0.4) is 0 Å². The third-order valence-electron chi connectivity index (χ3n) is 4.68. The SMILES string of the molecule is Cc1ccc(NC(=O)Nc2n[nH]c3ccc(OC4CCCC4)cc23)cc1. The maximum absolute atomic E-state index is 12.3. The van der Waals surface area contributed by atoms with Crippen molar-refractivity contribution in [3.05, 3.63) is 48.0 Å². The number of hydrogen-bond acceptors (Lipinski definition) is 3. The fourth-order valence-electron chi connectivity index (χ4n) is 3.27. The molecule has 0 spiro atoms. The molecular weight excluding hydrogens is 328 g/mol. The van der Waals surface area contributed by atoms with E-state index < -0.39 is 0 Å². The quantitative estimate of drug-likeness (QED) is 0.630. The average molecular weight is 350 g/mol. The number of carbonyl (C=O) groups excluding carboxylic acids is 1. The lowest BCUT2D eigenvalue weighted by molar-refractivity contribution is 0.210. The van der Waals surface area contributed by atoms with Crippen LogP contribution in [-0.2, 0) is 0 Å². The van der Waals surface area contributed by atoms with Crippen LogP contribution in [0, 0.1) is 6.92 Å². The fourth-order valence-corrected chi connectivity index (χ4v) is 3.27. The van der Waals surface area contributed by atoms with E-state index in [2.05, 4.69) is 20.8 Å². The van der Waals surface area contributed by atoms with Crippen LogP contribution in [0.1, 0.15) is 31.2 Å². The number of ether oxygens (including phenoxy) is 1. The first-order valence-electron chi connectivity index (χ1n) is 8.97. The lowest BCUT2D eigenvalue weighted by Gasteiger charge is -2.13. The number of nitrogens with zero attached hydrogens (tertiary/aromatic N) is 1. The van der Waals surface area contributed by atoms with Gasteiger partial charge in [0, 0.05) is 11.1 Å². The van der Waals surface area contributed by atoms with Crippen molar-refractivity contribution in [2.75, 3.05) is 10.6 Å². The van der Waals surface area contributed by atoms with Gasteiger partial charge in [-0.25, -0.2) is 4.79 Å². The van der Waals surface area contributed by atoms with Gasteiger partial charge in [0.15, 0.2) is 5.82 Å². The molecule has 0 atom stereocenters. The van der Waals surface area contributed by atoms with Crippen molar-refractivity contribution in [3.63, 3.8) is 0 Å². The summed E-state index contributed by atoms with van der Waals surface area (Å²) in [6.07, 6.45) is 4.96. The van der Waals surface area contributed by atoms with E-state index in [9.17, 15) is 4.79 Å². The molecule has 0 unspecified atom stereocenters. The lowest BCUT2D eigenvalue weighted by Crippen LogP contribution is -2.19. The number of amides is 2. The van der Waals surface area contributed by atoms with Gasteiger partial charge in [0.1, 0.15) is 5.75 Å². The molecule has 26 heavy (non-hydrogen) atoms. The number of aryl methyl sites for hydroxylation is 1. The minimum Gasteiger partial charge on any atom is -0.490 e. The largest absolute Gasteiger partial charge is 0.490 e. The van der Waals surface area contributed by atoms with Crippen molar-refractivity contribution in [1.82, 2.24) is 10.2 Å². The number of benzene rings is 2. The zero-order chi connectivity index (χ0) is 17.9. The Balaban J connectivity index is 1.48. The molecule has 3 N–H and O–H groups in total. The molecule has 1 aliphatic carbocycles. The van der Waals surface area contributed by atoms with Gasteiger partial charge in [0.2, 0.25) is 0 Å². The van der Waals surface area contributed by atoms with Crippen LogP contribution in [0.4, 0.5) is 16.3 Å². The summed E-state index contributed by atoms with van der Waals surface area (Å²) in [5, 5.41) is 13.6. The predicted molar refractivity (Wildman–Crippen MR) is 103 cm³/mol. The summed E-state index contributed by atoms with van der Waals surface area (Å²) in [4.78, 5) is 12.3. The standard InChI is InChI=1S/C20H22N4O2/c1-13-6-8-14(9-7-13)21-20(25)22-19-17-12-16(10-11-18(17)23-24-19)26-15-4-2-3-5-15/h6-12,15H,2-5H2,1H3,(H3,21,22,23,24,25). The van der Waals surface area contributed by atoms with Gasteiger partial charge in [0.25, 0.3) is 0 Å². The first-order chi connectivity index (χ1) is 12.7. The maximum Gasteiger partial charge on any atom is 0.324 e. The molecule has 6 heteroatoms. The molecule has 6 nitrogen and oxygen atoms in total. The Labute approximate surface area is 151 Å². The number of rotatable bonds is 4. The molecule has 0 radical (unpaired) electrons. The van der Waals surface area contributed by atoms with Crippen molar-refractivity contribution >= 4 is 28.4 Å². The van der Waals surface area contributed by atoms with Gasteiger partial charge in [-0.15, -0.1) is 0 Å². The van der Waals surface area contributed by atoms with Gasteiger partial charge in [-0.3, -0.25) is 10.4 Å². The second-order valence-corrected chi connectivity index (χ2v) is 6.75. The van der Waals surface area contributed by atoms with E-state index >= 15 is 0 Å². The summed E-state index contributed by atoms with van der Waals surface area (Å²) in [5.41, 5.74) is 2.73. The molecule has 0 aliphatic heterocycles. The number of anilines is 2. The van der Waals surface area contributed by atoms with Crippen LogP contribution in [0.2, 0.25) is 0 Å². The first kappa shape index (κ1) is 16.4. The molecule has 1 heterocycles. The Bertz CT molecular complexity index is 911. The third-order valence-corrected chi connectivity index (χ3v) is 4.68. The summed E-state index contributed by atoms with van der Waals surface area (Å²) >= 11 is 0. The monoisotopic (exact) mass is 350 g/mol. The van der Waals surface area contributed by atoms with E-state index in [-0.39, 0.29) is 6.03 Å². The van der Waals surface area contributed by atoms with Gasteiger partial charge in [-0.05, 0) is 62.9 Å². The van der Waals surface area contributed by atoms with Crippen molar-refractivity contribution in [2.45, 2.75) is 38.7 Å². The van der Waals surface area contributed by atoms with Crippen molar-refractivity contribution in [1.29, 1.82) is 0 Å². The van der Waals surface area contributed by atoms with Crippen LogP contribution in [0.15, 0.2) is 42.5 Å². The van der Waals surface area contributed by atoms with Crippen LogP contribution in [0.5, 0.6) is 5.75 Å². The Morgan fingerprint density at radius 2 is 1.88 bits per heavy atom. The topological polar surface area (TPSA) is 79.0 Å². The summed E-state index contributed by atoms with van der Waals surface area (Å²) < 4.78 is 6.05. The van der Waals surface area contributed by atoms with E-state index in [1.165, 1.54) is 12.8 Å². The van der Waals surface area contributed by atoms with Crippen LogP contribution in [0.25, 0.3) is 10.9 Å². The first-order valence-corrected chi connectivity index (χ1v) is 8.97. The molecule has 2 amide bonds. The lowest BCUT2D eigenvalue weighted by atomic mass is 10.2. The Morgan fingerprint density at radius 3 is 2.65 bits per heavy atom. The van der Waals surface area contributed by atoms with Crippen LogP contribution in [-0.4, -0.2) is 22.3 Å². The number of fused-ring (bicyclic) bond motifs is 1.